The fourth-order valence-corrected chi connectivity index (χ4v) is 2.65. The van der Waals surface area contributed by atoms with Crippen LogP contribution in [0.5, 0.6) is 0 Å². The van der Waals surface area contributed by atoms with Crippen LogP contribution in [0.25, 0.3) is 0 Å². The number of halogens is 2. The second-order valence-electron chi connectivity index (χ2n) is 4.70. The van der Waals surface area contributed by atoms with Gasteiger partial charge < -0.3 is 5.11 Å². The molecule has 1 heterocycles. The molecule has 0 radical (unpaired) electrons. The molecule has 1 aromatic carbocycles. The normalized spacial score (nSPS) is 25.4. The average molecular weight is 258 g/mol. The maximum absolute atomic E-state index is 13.3. The SMILES string of the molecule is CC1CCN(Cc2cccc(F)c2Cl)C1CO. The molecule has 1 aliphatic heterocycles. The molecule has 0 saturated carbocycles. The first kappa shape index (κ1) is 12.8. The van der Waals surface area contributed by atoms with Crippen molar-refractivity contribution in [1.29, 1.82) is 0 Å². The van der Waals surface area contributed by atoms with Crippen molar-refractivity contribution in [3.05, 3.63) is 34.6 Å². The number of likely N-dealkylation sites (tertiary alicyclic amines) is 1. The van der Waals surface area contributed by atoms with Gasteiger partial charge >= 0.3 is 0 Å². The summed E-state index contributed by atoms with van der Waals surface area (Å²) in [4.78, 5) is 2.17. The van der Waals surface area contributed by atoms with E-state index >= 15 is 0 Å². The highest BCUT2D eigenvalue weighted by atomic mass is 35.5. The summed E-state index contributed by atoms with van der Waals surface area (Å²) in [6.45, 7) is 3.81. The van der Waals surface area contributed by atoms with Crippen LogP contribution >= 0.6 is 11.6 Å². The van der Waals surface area contributed by atoms with Crippen LogP contribution in [0, 0.1) is 11.7 Å². The van der Waals surface area contributed by atoms with Crippen molar-refractivity contribution in [3.63, 3.8) is 0 Å². The van der Waals surface area contributed by atoms with Crippen LogP contribution in [0.15, 0.2) is 18.2 Å². The lowest BCUT2D eigenvalue weighted by Crippen LogP contribution is -2.34. The molecule has 2 nitrogen and oxygen atoms in total. The number of nitrogens with zero attached hydrogens (tertiary/aromatic N) is 1. The van der Waals surface area contributed by atoms with E-state index in [1.54, 1.807) is 6.07 Å². The highest BCUT2D eigenvalue weighted by molar-refractivity contribution is 6.31. The fraction of sp³-hybridized carbons (Fsp3) is 0.538. The van der Waals surface area contributed by atoms with Gasteiger partial charge in [0.15, 0.2) is 0 Å². The van der Waals surface area contributed by atoms with Crippen LogP contribution in [0.1, 0.15) is 18.9 Å². The summed E-state index contributed by atoms with van der Waals surface area (Å²) in [6.07, 6.45) is 1.07. The van der Waals surface area contributed by atoms with E-state index in [4.69, 9.17) is 11.6 Å². The minimum absolute atomic E-state index is 0.147. The molecule has 2 unspecified atom stereocenters. The number of benzene rings is 1. The summed E-state index contributed by atoms with van der Waals surface area (Å²) in [5.41, 5.74) is 0.791. The van der Waals surface area contributed by atoms with Crippen molar-refractivity contribution >= 4 is 11.6 Å². The number of hydrogen-bond donors (Lipinski definition) is 1. The Morgan fingerprint density at radius 1 is 1.53 bits per heavy atom. The topological polar surface area (TPSA) is 23.5 Å². The molecule has 1 aliphatic rings. The maximum Gasteiger partial charge on any atom is 0.142 e. The van der Waals surface area contributed by atoms with E-state index < -0.39 is 0 Å². The second-order valence-corrected chi connectivity index (χ2v) is 5.08. The van der Waals surface area contributed by atoms with Crippen LogP contribution in [0.3, 0.4) is 0 Å². The Hall–Kier alpha value is -0.640. The Bertz CT molecular complexity index is 399. The van der Waals surface area contributed by atoms with Crippen molar-refractivity contribution in [3.8, 4) is 0 Å². The molecule has 94 valence electrons. The molecular weight excluding hydrogens is 241 g/mol. The first-order valence-electron chi connectivity index (χ1n) is 5.91. The number of rotatable bonds is 3. The summed E-state index contributed by atoms with van der Waals surface area (Å²) >= 11 is 5.93. The Morgan fingerprint density at radius 3 is 3.00 bits per heavy atom. The van der Waals surface area contributed by atoms with Gasteiger partial charge in [-0.1, -0.05) is 30.7 Å². The van der Waals surface area contributed by atoms with Crippen LogP contribution < -0.4 is 0 Å². The van der Waals surface area contributed by atoms with E-state index in [1.807, 2.05) is 6.07 Å². The van der Waals surface area contributed by atoms with Gasteiger partial charge in [0.2, 0.25) is 0 Å². The Kier molecular flexibility index (Phi) is 4.02. The summed E-state index contributed by atoms with van der Waals surface area (Å²) < 4.78 is 13.3. The lowest BCUT2D eigenvalue weighted by Gasteiger charge is -2.25. The van der Waals surface area contributed by atoms with Crippen molar-refractivity contribution in [1.82, 2.24) is 4.90 Å². The third-order valence-electron chi connectivity index (χ3n) is 3.59. The van der Waals surface area contributed by atoms with Gasteiger partial charge in [0.25, 0.3) is 0 Å². The van der Waals surface area contributed by atoms with Crippen LogP contribution in [-0.2, 0) is 6.54 Å². The highest BCUT2D eigenvalue weighted by Crippen LogP contribution is 2.28. The third kappa shape index (κ3) is 2.62. The van der Waals surface area contributed by atoms with Gasteiger partial charge in [0.05, 0.1) is 11.6 Å². The Labute approximate surface area is 106 Å². The average Bonchev–Trinajstić information content (AvgIpc) is 2.66. The first-order chi connectivity index (χ1) is 8.13. The third-order valence-corrected chi connectivity index (χ3v) is 4.01. The summed E-state index contributed by atoms with van der Waals surface area (Å²) in [5, 5.41) is 9.56. The van der Waals surface area contributed by atoms with Gasteiger partial charge in [-0.05, 0) is 30.5 Å². The maximum atomic E-state index is 13.3. The zero-order valence-corrected chi connectivity index (χ0v) is 10.6. The summed E-state index contributed by atoms with van der Waals surface area (Å²) in [7, 11) is 0. The number of aliphatic hydroxyl groups is 1. The molecule has 0 bridgehead atoms. The monoisotopic (exact) mass is 257 g/mol. The smallest absolute Gasteiger partial charge is 0.142 e. The van der Waals surface area contributed by atoms with Gasteiger partial charge in [0, 0.05) is 12.6 Å². The Balaban J connectivity index is 2.13. The molecule has 4 heteroatoms. The number of hydrogen-bond acceptors (Lipinski definition) is 2. The summed E-state index contributed by atoms with van der Waals surface area (Å²) in [6, 6.07) is 5.03. The standard InChI is InChI=1S/C13H17ClFNO/c1-9-5-6-16(12(9)8-17)7-10-3-2-4-11(15)13(10)14/h2-4,9,12,17H,5-8H2,1H3. The van der Waals surface area contributed by atoms with Gasteiger partial charge in [0.1, 0.15) is 5.82 Å². The molecule has 1 saturated heterocycles. The van der Waals surface area contributed by atoms with E-state index in [0.717, 1.165) is 18.5 Å². The summed E-state index contributed by atoms with van der Waals surface area (Å²) in [5.74, 6) is 0.101. The van der Waals surface area contributed by atoms with Crippen LogP contribution in [-0.4, -0.2) is 29.2 Å². The van der Waals surface area contributed by atoms with Gasteiger partial charge in [-0.3, -0.25) is 4.90 Å². The molecule has 0 amide bonds. The van der Waals surface area contributed by atoms with Crippen LogP contribution in [0.4, 0.5) is 4.39 Å². The lowest BCUT2D eigenvalue weighted by atomic mass is 10.0. The lowest BCUT2D eigenvalue weighted by molar-refractivity contribution is 0.134. The first-order valence-corrected chi connectivity index (χ1v) is 6.29. The molecule has 1 aromatic rings. The molecule has 0 aromatic heterocycles. The minimum Gasteiger partial charge on any atom is -0.395 e. The Morgan fingerprint density at radius 2 is 2.29 bits per heavy atom. The quantitative estimate of drug-likeness (QED) is 0.900. The molecule has 0 aliphatic carbocycles. The van der Waals surface area contributed by atoms with E-state index in [9.17, 15) is 9.50 Å². The van der Waals surface area contributed by atoms with Crippen molar-refractivity contribution in [2.45, 2.75) is 25.9 Å². The van der Waals surface area contributed by atoms with E-state index in [1.165, 1.54) is 6.07 Å². The van der Waals surface area contributed by atoms with Gasteiger partial charge in [-0.25, -0.2) is 4.39 Å². The number of aliphatic hydroxyl groups excluding tert-OH is 1. The zero-order valence-electron chi connectivity index (χ0n) is 9.87. The van der Waals surface area contributed by atoms with E-state index in [0.29, 0.717) is 12.5 Å². The largest absolute Gasteiger partial charge is 0.395 e. The molecular formula is C13H17ClFNO. The molecule has 2 rings (SSSR count). The van der Waals surface area contributed by atoms with E-state index in [-0.39, 0.29) is 23.5 Å². The van der Waals surface area contributed by atoms with Crippen molar-refractivity contribution < 1.29 is 9.50 Å². The minimum atomic E-state index is -0.378. The molecule has 1 fully saturated rings. The predicted molar refractivity (Wildman–Crippen MR) is 66.5 cm³/mol. The van der Waals surface area contributed by atoms with E-state index in [2.05, 4.69) is 11.8 Å². The van der Waals surface area contributed by atoms with Gasteiger partial charge in [-0.2, -0.15) is 0 Å². The highest BCUT2D eigenvalue weighted by Gasteiger charge is 2.30. The van der Waals surface area contributed by atoms with Crippen molar-refractivity contribution in [2.24, 2.45) is 5.92 Å². The molecule has 0 spiro atoms. The zero-order chi connectivity index (χ0) is 12.4. The molecule has 1 N–H and O–H groups in total. The molecule has 2 atom stereocenters. The second kappa shape index (κ2) is 5.34. The van der Waals surface area contributed by atoms with Crippen molar-refractivity contribution in [2.75, 3.05) is 13.2 Å². The molecule has 17 heavy (non-hydrogen) atoms. The fourth-order valence-electron chi connectivity index (χ4n) is 2.47. The van der Waals surface area contributed by atoms with Crippen LogP contribution in [0.2, 0.25) is 5.02 Å². The predicted octanol–water partition coefficient (Wildman–Crippen LogP) is 2.68. The van der Waals surface area contributed by atoms with Gasteiger partial charge in [-0.15, -0.1) is 0 Å².